The highest BCUT2D eigenvalue weighted by atomic mass is 32.1. The van der Waals surface area contributed by atoms with E-state index in [0.717, 1.165) is 29.4 Å². The molecule has 1 N–H and O–H groups in total. The lowest BCUT2D eigenvalue weighted by Crippen LogP contribution is -2.29. The number of amides is 1. The lowest BCUT2D eigenvalue weighted by Gasteiger charge is -2.15. The van der Waals surface area contributed by atoms with Crippen molar-refractivity contribution >= 4 is 17.2 Å². The van der Waals surface area contributed by atoms with Crippen LogP contribution in [0.3, 0.4) is 0 Å². The van der Waals surface area contributed by atoms with Crippen LogP contribution in [-0.4, -0.2) is 50.7 Å². The summed E-state index contributed by atoms with van der Waals surface area (Å²) >= 11 is 1.40. The normalized spacial score (nSPS) is 23.9. The molecule has 1 saturated heterocycles. The fraction of sp³-hybridized carbons (Fsp3) is 0.625. The van der Waals surface area contributed by atoms with Crippen LogP contribution in [0, 0.1) is 19.8 Å². The molecule has 24 heavy (non-hydrogen) atoms. The number of alkyl halides is 1. The highest BCUT2D eigenvalue weighted by Gasteiger charge is 2.40. The van der Waals surface area contributed by atoms with E-state index in [1.165, 1.54) is 11.3 Å². The molecule has 128 valence electrons. The van der Waals surface area contributed by atoms with Gasteiger partial charge in [-0.3, -0.25) is 14.3 Å². The SMILES string of the molecule is Cc1nc(C)c(C(=O)N2CC(CF)C(c3nc(C4CC4)n[nH]3)C2)s1. The van der Waals surface area contributed by atoms with Gasteiger partial charge in [0.1, 0.15) is 10.7 Å². The molecule has 2 aromatic rings. The fourth-order valence-electron chi connectivity index (χ4n) is 3.35. The number of halogens is 1. The largest absolute Gasteiger partial charge is 0.337 e. The van der Waals surface area contributed by atoms with Crippen LogP contribution in [0.2, 0.25) is 0 Å². The first-order valence-electron chi connectivity index (χ1n) is 8.28. The van der Waals surface area contributed by atoms with E-state index >= 15 is 0 Å². The zero-order valence-corrected chi connectivity index (χ0v) is 14.6. The Morgan fingerprint density at radius 3 is 2.75 bits per heavy atom. The Morgan fingerprint density at radius 2 is 2.12 bits per heavy atom. The average Bonchev–Trinajstić information content (AvgIpc) is 3.00. The highest BCUT2D eigenvalue weighted by Crippen LogP contribution is 2.39. The van der Waals surface area contributed by atoms with E-state index in [1.54, 1.807) is 4.90 Å². The smallest absolute Gasteiger partial charge is 0.265 e. The Labute approximate surface area is 143 Å². The number of H-pyrrole nitrogens is 1. The molecule has 0 spiro atoms. The molecule has 1 amide bonds. The van der Waals surface area contributed by atoms with Crippen molar-refractivity contribution in [3.05, 3.63) is 27.2 Å². The number of aryl methyl sites for hydroxylation is 2. The molecule has 1 aliphatic carbocycles. The summed E-state index contributed by atoms with van der Waals surface area (Å²) in [6.07, 6.45) is 2.26. The molecular formula is C16H20FN5OS. The summed E-state index contributed by atoms with van der Waals surface area (Å²) in [5.74, 6) is 1.60. The van der Waals surface area contributed by atoms with Crippen LogP contribution in [0.15, 0.2) is 0 Å². The molecule has 4 rings (SSSR count). The van der Waals surface area contributed by atoms with Crippen molar-refractivity contribution in [2.45, 2.75) is 38.5 Å². The molecule has 0 bridgehead atoms. The maximum absolute atomic E-state index is 13.5. The lowest BCUT2D eigenvalue weighted by molar-refractivity contribution is 0.0788. The van der Waals surface area contributed by atoms with Crippen molar-refractivity contribution in [1.29, 1.82) is 0 Å². The van der Waals surface area contributed by atoms with E-state index in [2.05, 4.69) is 20.2 Å². The number of aromatic amines is 1. The van der Waals surface area contributed by atoms with E-state index < -0.39 is 6.67 Å². The van der Waals surface area contributed by atoms with Gasteiger partial charge >= 0.3 is 0 Å². The summed E-state index contributed by atoms with van der Waals surface area (Å²) in [7, 11) is 0. The molecule has 2 aliphatic rings. The third-order valence-corrected chi connectivity index (χ3v) is 5.90. The maximum atomic E-state index is 13.5. The number of hydrogen-bond donors (Lipinski definition) is 1. The Kier molecular flexibility index (Phi) is 3.86. The molecule has 2 unspecified atom stereocenters. The van der Waals surface area contributed by atoms with Crippen molar-refractivity contribution < 1.29 is 9.18 Å². The topological polar surface area (TPSA) is 74.8 Å². The standard InChI is InChI=1S/C16H20FN5OS/c1-8-13(24-9(2)18-8)16(23)22-6-11(5-17)12(7-22)15-19-14(20-21-15)10-3-4-10/h10-12H,3-7H2,1-2H3,(H,19,20,21). The number of carbonyl (C=O) groups is 1. The van der Waals surface area contributed by atoms with Gasteiger partial charge in [-0.15, -0.1) is 11.3 Å². The minimum Gasteiger partial charge on any atom is -0.337 e. The van der Waals surface area contributed by atoms with Crippen LogP contribution in [-0.2, 0) is 0 Å². The first kappa shape index (κ1) is 15.7. The summed E-state index contributed by atoms with van der Waals surface area (Å²) in [6, 6.07) is 0. The minimum absolute atomic E-state index is 0.0546. The zero-order valence-electron chi connectivity index (χ0n) is 13.8. The van der Waals surface area contributed by atoms with Crippen LogP contribution in [0.4, 0.5) is 4.39 Å². The molecule has 8 heteroatoms. The summed E-state index contributed by atoms with van der Waals surface area (Å²) < 4.78 is 13.5. The molecule has 2 aromatic heterocycles. The third kappa shape index (κ3) is 2.72. The second-order valence-electron chi connectivity index (χ2n) is 6.73. The predicted octanol–water partition coefficient (Wildman–Crippen LogP) is 2.58. The molecular weight excluding hydrogens is 329 g/mol. The van der Waals surface area contributed by atoms with E-state index in [9.17, 15) is 9.18 Å². The Morgan fingerprint density at radius 1 is 1.33 bits per heavy atom. The Hall–Kier alpha value is -1.83. The van der Waals surface area contributed by atoms with Gasteiger partial charge in [-0.2, -0.15) is 5.10 Å². The summed E-state index contributed by atoms with van der Waals surface area (Å²) in [4.78, 5) is 24.0. The summed E-state index contributed by atoms with van der Waals surface area (Å²) in [6.45, 7) is 4.16. The van der Waals surface area contributed by atoms with Crippen LogP contribution >= 0.6 is 11.3 Å². The molecule has 6 nitrogen and oxygen atoms in total. The van der Waals surface area contributed by atoms with Gasteiger partial charge in [0, 0.05) is 30.8 Å². The average molecular weight is 349 g/mol. The zero-order chi connectivity index (χ0) is 16.8. The first-order chi connectivity index (χ1) is 11.6. The Bertz CT molecular complexity index is 768. The number of rotatable bonds is 4. The van der Waals surface area contributed by atoms with Crippen LogP contribution in [0.5, 0.6) is 0 Å². The second kappa shape index (κ2) is 5.91. The predicted molar refractivity (Wildman–Crippen MR) is 88.1 cm³/mol. The van der Waals surface area contributed by atoms with Crippen molar-refractivity contribution in [2.75, 3.05) is 19.8 Å². The van der Waals surface area contributed by atoms with Crippen molar-refractivity contribution in [3.63, 3.8) is 0 Å². The molecule has 2 fully saturated rings. The van der Waals surface area contributed by atoms with Gasteiger partial charge in [0.2, 0.25) is 0 Å². The fourth-order valence-corrected chi connectivity index (χ4v) is 4.24. The minimum atomic E-state index is -0.464. The van der Waals surface area contributed by atoms with Crippen molar-refractivity contribution in [3.8, 4) is 0 Å². The number of nitrogens with one attached hydrogen (secondary N) is 1. The van der Waals surface area contributed by atoms with Gasteiger partial charge in [-0.05, 0) is 26.7 Å². The molecule has 1 aliphatic heterocycles. The van der Waals surface area contributed by atoms with Gasteiger partial charge in [-0.1, -0.05) is 0 Å². The molecule has 3 heterocycles. The van der Waals surface area contributed by atoms with E-state index in [1.807, 2.05) is 13.8 Å². The number of carbonyl (C=O) groups excluding carboxylic acids is 1. The summed E-state index contributed by atoms with van der Waals surface area (Å²) in [5, 5.41) is 8.11. The van der Waals surface area contributed by atoms with Crippen LogP contribution < -0.4 is 0 Å². The third-order valence-electron chi connectivity index (χ3n) is 4.84. The number of thiazole rings is 1. The Balaban J connectivity index is 1.54. The second-order valence-corrected chi connectivity index (χ2v) is 7.93. The van der Waals surface area contributed by atoms with Crippen LogP contribution in [0.1, 0.15) is 56.7 Å². The molecule has 0 radical (unpaired) electrons. The number of likely N-dealkylation sites (tertiary alicyclic amines) is 1. The van der Waals surface area contributed by atoms with Gasteiger partial charge < -0.3 is 4.90 Å². The monoisotopic (exact) mass is 349 g/mol. The van der Waals surface area contributed by atoms with E-state index in [0.29, 0.717) is 29.7 Å². The molecule has 2 atom stereocenters. The highest BCUT2D eigenvalue weighted by molar-refractivity contribution is 7.13. The maximum Gasteiger partial charge on any atom is 0.265 e. The number of hydrogen-bond acceptors (Lipinski definition) is 5. The molecule has 1 saturated carbocycles. The molecule has 0 aromatic carbocycles. The number of aromatic nitrogens is 4. The quantitative estimate of drug-likeness (QED) is 0.921. The van der Waals surface area contributed by atoms with Gasteiger partial charge in [-0.25, -0.2) is 9.97 Å². The van der Waals surface area contributed by atoms with Gasteiger partial charge in [0.15, 0.2) is 5.82 Å². The first-order valence-corrected chi connectivity index (χ1v) is 9.10. The van der Waals surface area contributed by atoms with Gasteiger partial charge in [0.05, 0.1) is 17.4 Å². The van der Waals surface area contributed by atoms with Crippen molar-refractivity contribution in [2.24, 2.45) is 5.92 Å². The lowest BCUT2D eigenvalue weighted by atomic mass is 9.97. The van der Waals surface area contributed by atoms with E-state index in [4.69, 9.17) is 0 Å². The van der Waals surface area contributed by atoms with Gasteiger partial charge in [0.25, 0.3) is 5.91 Å². The van der Waals surface area contributed by atoms with Crippen LogP contribution in [0.25, 0.3) is 0 Å². The number of nitrogens with zero attached hydrogens (tertiary/aromatic N) is 4. The van der Waals surface area contributed by atoms with Crippen molar-refractivity contribution in [1.82, 2.24) is 25.1 Å². The summed E-state index contributed by atoms with van der Waals surface area (Å²) in [5.41, 5.74) is 0.749. The van der Waals surface area contributed by atoms with E-state index in [-0.39, 0.29) is 17.7 Å².